The van der Waals surface area contributed by atoms with Gasteiger partial charge in [-0.15, -0.1) is 11.3 Å². The van der Waals surface area contributed by atoms with E-state index in [1.54, 1.807) is 30.5 Å². The predicted octanol–water partition coefficient (Wildman–Crippen LogP) is 2.68. The Morgan fingerprint density at radius 3 is 2.79 bits per heavy atom. The van der Waals surface area contributed by atoms with Crippen molar-refractivity contribution in [3.8, 4) is 11.5 Å². The van der Waals surface area contributed by atoms with E-state index in [1.807, 2.05) is 6.07 Å². The number of carbonyl (C=O) groups is 1. The van der Waals surface area contributed by atoms with Gasteiger partial charge < -0.3 is 20.1 Å². The largest absolute Gasteiger partial charge is 0.477 e. The Labute approximate surface area is 141 Å². The van der Waals surface area contributed by atoms with Gasteiger partial charge in [-0.2, -0.15) is 0 Å². The fourth-order valence-electron chi connectivity index (χ4n) is 2.33. The number of aromatic nitrogens is 1. The van der Waals surface area contributed by atoms with Crippen molar-refractivity contribution >= 4 is 27.4 Å². The lowest BCUT2D eigenvalue weighted by Gasteiger charge is -2.13. The SMILES string of the molecule is O=C(O)c1cc2c(Oc3ccccc3CC(O)CO)cncc2s1. The van der Waals surface area contributed by atoms with Crippen molar-refractivity contribution in [1.82, 2.24) is 4.98 Å². The zero-order valence-corrected chi connectivity index (χ0v) is 13.4. The molecule has 1 aromatic carbocycles. The van der Waals surface area contributed by atoms with E-state index in [4.69, 9.17) is 14.9 Å². The number of aromatic carboxylic acids is 1. The number of pyridine rings is 1. The number of para-hydroxylation sites is 1. The predicted molar refractivity (Wildman–Crippen MR) is 89.9 cm³/mol. The van der Waals surface area contributed by atoms with E-state index in [2.05, 4.69) is 4.98 Å². The zero-order chi connectivity index (χ0) is 17.1. The number of hydrogen-bond acceptors (Lipinski definition) is 6. The van der Waals surface area contributed by atoms with Crippen LogP contribution < -0.4 is 4.74 Å². The summed E-state index contributed by atoms with van der Waals surface area (Å²) in [5.74, 6) is -0.0156. The van der Waals surface area contributed by atoms with Gasteiger partial charge in [0.25, 0.3) is 0 Å². The first kappa shape index (κ1) is 16.4. The van der Waals surface area contributed by atoms with Gasteiger partial charge in [-0.05, 0) is 17.7 Å². The molecular formula is C17H15NO5S. The molecule has 24 heavy (non-hydrogen) atoms. The Balaban J connectivity index is 1.97. The van der Waals surface area contributed by atoms with Gasteiger partial charge in [-0.1, -0.05) is 18.2 Å². The third kappa shape index (κ3) is 3.38. The van der Waals surface area contributed by atoms with Crippen LogP contribution in [0.4, 0.5) is 0 Å². The summed E-state index contributed by atoms with van der Waals surface area (Å²) >= 11 is 1.13. The number of aliphatic hydroxyl groups excluding tert-OH is 2. The average molecular weight is 345 g/mol. The highest BCUT2D eigenvalue weighted by Gasteiger charge is 2.15. The van der Waals surface area contributed by atoms with Crippen molar-refractivity contribution < 1.29 is 24.9 Å². The minimum absolute atomic E-state index is 0.215. The molecule has 0 aliphatic heterocycles. The average Bonchev–Trinajstić information content (AvgIpc) is 3.02. The van der Waals surface area contributed by atoms with Gasteiger partial charge in [0, 0.05) is 18.0 Å². The Bertz CT molecular complexity index is 876. The summed E-state index contributed by atoms with van der Waals surface area (Å²) in [7, 11) is 0. The van der Waals surface area contributed by atoms with E-state index < -0.39 is 12.1 Å². The zero-order valence-electron chi connectivity index (χ0n) is 12.5. The van der Waals surface area contributed by atoms with Gasteiger partial charge in [-0.25, -0.2) is 4.79 Å². The van der Waals surface area contributed by atoms with Crippen molar-refractivity contribution in [3.63, 3.8) is 0 Å². The first-order chi connectivity index (χ1) is 11.6. The molecule has 1 unspecified atom stereocenters. The second-order valence-electron chi connectivity index (χ2n) is 5.22. The molecule has 124 valence electrons. The van der Waals surface area contributed by atoms with E-state index in [1.165, 1.54) is 6.20 Å². The number of thiophene rings is 1. The van der Waals surface area contributed by atoms with E-state index in [0.717, 1.165) is 21.6 Å². The topological polar surface area (TPSA) is 99.9 Å². The monoisotopic (exact) mass is 345 g/mol. The van der Waals surface area contributed by atoms with Crippen LogP contribution in [0.15, 0.2) is 42.7 Å². The van der Waals surface area contributed by atoms with Crippen molar-refractivity contribution in [1.29, 1.82) is 0 Å². The van der Waals surface area contributed by atoms with Crippen LogP contribution >= 0.6 is 11.3 Å². The molecule has 0 aliphatic carbocycles. The maximum atomic E-state index is 11.1. The highest BCUT2D eigenvalue weighted by Crippen LogP contribution is 2.35. The normalized spacial score (nSPS) is 12.2. The maximum absolute atomic E-state index is 11.1. The fraction of sp³-hybridized carbons (Fsp3) is 0.176. The molecule has 1 atom stereocenters. The Hall–Kier alpha value is -2.48. The van der Waals surface area contributed by atoms with Gasteiger partial charge in [0.2, 0.25) is 0 Å². The Morgan fingerprint density at radius 2 is 2.04 bits per heavy atom. The summed E-state index contributed by atoms with van der Waals surface area (Å²) in [6, 6.07) is 8.73. The van der Waals surface area contributed by atoms with E-state index in [0.29, 0.717) is 16.9 Å². The van der Waals surface area contributed by atoms with Crippen LogP contribution in [-0.2, 0) is 6.42 Å². The molecule has 6 nitrogen and oxygen atoms in total. The maximum Gasteiger partial charge on any atom is 0.345 e. The van der Waals surface area contributed by atoms with Gasteiger partial charge in [0.05, 0.1) is 23.6 Å². The number of carboxylic acid groups (broad SMARTS) is 1. The first-order valence-corrected chi connectivity index (χ1v) is 8.05. The van der Waals surface area contributed by atoms with Gasteiger partial charge in [-0.3, -0.25) is 4.98 Å². The second-order valence-corrected chi connectivity index (χ2v) is 6.30. The van der Waals surface area contributed by atoms with Crippen LogP contribution in [0.5, 0.6) is 11.5 Å². The molecule has 2 heterocycles. The summed E-state index contributed by atoms with van der Waals surface area (Å²) in [4.78, 5) is 15.5. The molecule has 3 aromatic rings. The molecule has 0 bridgehead atoms. The number of fused-ring (bicyclic) bond motifs is 1. The highest BCUT2D eigenvalue weighted by molar-refractivity contribution is 7.20. The molecule has 0 fully saturated rings. The highest BCUT2D eigenvalue weighted by atomic mass is 32.1. The molecule has 0 amide bonds. The fourth-order valence-corrected chi connectivity index (χ4v) is 3.22. The molecule has 2 aromatic heterocycles. The van der Waals surface area contributed by atoms with Crippen LogP contribution in [0, 0.1) is 0 Å². The van der Waals surface area contributed by atoms with Crippen molar-refractivity contribution in [3.05, 3.63) is 53.2 Å². The standard InChI is InChI=1S/C17H15NO5S/c19-9-11(20)5-10-3-1-2-4-13(10)23-14-7-18-8-16-12(14)6-15(24-16)17(21)22/h1-4,6-8,11,19-20H,5,9H2,(H,21,22). The molecule has 7 heteroatoms. The quantitative estimate of drug-likeness (QED) is 0.635. The molecule has 0 radical (unpaired) electrons. The lowest BCUT2D eigenvalue weighted by atomic mass is 10.1. The summed E-state index contributed by atoms with van der Waals surface area (Å²) < 4.78 is 6.64. The minimum Gasteiger partial charge on any atom is -0.477 e. The number of carboxylic acids is 1. The number of aliphatic hydroxyl groups is 2. The minimum atomic E-state index is -0.992. The van der Waals surface area contributed by atoms with E-state index in [9.17, 15) is 9.90 Å². The molecule has 3 N–H and O–H groups in total. The summed E-state index contributed by atoms with van der Waals surface area (Å²) in [5.41, 5.74) is 0.741. The van der Waals surface area contributed by atoms with Crippen LogP contribution in [0.3, 0.4) is 0 Å². The van der Waals surface area contributed by atoms with Crippen molar-refractivity contribution in [2.75, 3.05) is 6.61 Å². The summed E-state index contributed by atoms with van der Waals surface area (Å²) in [5, 5.41) is 28.5. The van der Waals surface area contributed by atoms with Crippen LogP contribution in [0.1, 0.15) is 15.2 Å². The van der Waals surface area contributed by atoms with Crippen LogP contribution in [0.25, 0.3) is 10.1 Å². The molecule has 0 saturated carbocycles. The third-order valence-electron chi connectivity index (χ3n) is 3.48. The van der Waals surface area contributed by atoms with Crippen LogP contribution in [0.2, 0.25) is 0 Å². The smallest absolute Gasteiger partial charge is 0.345 e. The number of nitrogens with zero attached hydrogens (tertiary/aromatic N) is 1. The van der Waals surface area contributed by atoms with E-state index >= 15 is 0 Å². The van der Waals surface area contributed by atoms with Crippen molar-refractivity contribution in [2.24, 2.45) is 0 Å². The molecule has 0 aliphatic rings. The number of ether oxygens (including phenoxy) is 1. The molecular weight excluding hydrogens is 330 g/mol. The Morgan fingerprint density at radius 1 is 1.25 bits per heavy atom. The lowest BCUT2D eigenvalue weighted by molar-refractivity contribution is 0.0702. The first-order valence-electron chi connectivity index (χ1n) is 7.24. The molecule has 0 saturated heterocycles. The third-order valence-corrected chi connectivity index (χ3v) is 4.54. The van der Waals surface area contributed by atoms with E-state index in [-0.39, 0.29) is 17.9 Å². The summed E-state index contributed by atoms with van der Waals surface area (Å²) in [6.45, 7) is -0.335. The second kappa shape index (κ2) is 6.96. The molecule has 3 rings (SSSR count). The van der Waals surface area contributed by atoms with Gasteiger partial charge >= 0.3 is 5.97 Å². The van der Waals surface area contributed by atoms with Crippen molar-refractivity contribution in [2.45, 2.75) is 12.5 Å². The number of hydrogen-bond donors (Lipinski definition) is 3. The van der Waals surface area contributed by atoms with Gasteiger partial charge in [0.15, 0.2) is 5.75 Å². The molecule has 0 spiro atoms. The van der Waals surface area contributed by atoms with Gasteiger partial charge in [0.1, 0.15) is 10.6 Å². The number of rotatable bonds is 6. The van der Waals surface area contributed by atoms with Crippen LogP contribution in [-0.4, -0.2) is 39.0 Å². The Kier molecular flexibility index (Phi) is 4.75. The summed E-state index contributed by atoms with van der Waals surface area (Å²) in [6.07, 6.45) is 2.50. The number of benzene rings is 1. The lowest BCUT2D eigenvalue weighted by Crippen LogP contribution is -2.15.